The second-order valence-corrected chi connectivity index (χ2v) is 8.85. The Morgan fingerprint density at radius 3 is 2.34 bits per heavy atom. The number of rotatable bonds is 7. The van der Waals surface area contributed by atoms with Crippen molar-refractivity contribution >= 4 is 11.8 Å². The van der Waals surface area contributed by atoms with E-state index >= 15 is 0 Å². The van der Waals surface area contributed by atoms with Gasteiger partial charge in [0, 0.05) is 55.0 Å². The van der Waals surface area contributed by atoms with Gasteiger partial charge in [-0.25, -0.2) is 4.98 Å². The molecule has 2 amide bonds. The standard InChI is InChI=1S/C28H32N4O3/c1-3-22-24(27(29)34)18-25(20-7-5-4-6-8-20)30-26(22)23-10-9-21(17-19(23)2)28(35)32-13-11-31(12-14-32)15-16-33/h4-10,17-18,33H,3,11-16H2,1-2H3,(H2,29,34). The normalized spacial score (nSPS) is 14.2. The van der Waals surface area contributed by atoms with Crippen LogP contribution in [-0.2, 0) is 6.42 Å². The van der Waals surface area contributed by atoms with Gasteiger partial charge in [-0.05, 0) is 42.7 Å². The Hall–Kier alpha value is -3.55. The number of aryl methyl sites for hydroxylation is 1. The van der Waals surface area contributed by atoms with Gasteiger partial charge in [0.25, 0.3) is 5.91 Å². The minimum absolute atomic E-state index is 0.00262. The third-order valence-electron chi connectivity index (χ3n) is 6.62. The van der Waals surface area contributed by atoms with E-state index in [1.165, 1.54) is 0 Å². The lowest BCUT2D eigenvalue weighted by molar-refractivity contribution is 0.0615. The van der Waals surface area contributed by atoms with Crippen LogP contribution in [0.1, 0.15) is 38.8 Å². The highest BCUT2D eigenvalue weighted by molar-refractivity contribution is 5.98. The third kappa shape index (κ3) is 5.26. The van der Waals surface area contributed by atoms with Crippen molar-refractivity contribution in [1.82, 2.24) is 14.8 Å². The summed E-state index contributed by atoms with van der Waals surface area (Å²) in [5.41, 5.74) is 11.8. The van der Waals surface area contributed by atoms with Crippen LogP contribution >= 0.6 is 0 Å². The molecule has 1 aromatic heterocycles. The molecular weight excluding hydrogens is 440 g/mol. The number of primary amides is 1. The number of carbonyl (C=O) groups excluding carboxylic acids is 2. The van der Waals surface area contributed by atoms with Crippen LogP contribution in [-0.4, -0.2) is 71.0 Å². The van der Waals surface area contributed by atoms with Crippen molar-refractivity contribution < 1.29 is 14.7 Å². The van der Waals surface area contributed by atoms with Crippen molar-refractivity contribution in [2.75, 3.05) is 39.3 Å². The smallest absolute Gasteiger partial charge is 0.253 e. The summed E-state index contributed by atoms with van der Waals surface area (Å²) in [6.45, 7) is 7.52. The molecule has 182 valence electrons. The van der Waals surface area contributed by atoms with Crippen LogP contribution in [0, 0.1) is 6.92 Å². The van der Waals surface area contributed by atoms with E-state index in [9.17, 15) is 9.59 Å². The van der Waals surface area contributed by atoms with Crippen LogP contribution in [0.2, 0.25) is 0 Å². The molecule has 7 heteroatoms. The fourth-order valence-electron chi connectivity index (χ4n) is 4.69. The Morgan fingerprint density at radius 1 is 1.03 bits per heavy atom. The van der Waals surface area contributed by atoms with Gasteiger partial charge >= 0.3 is 0 Å². The topological polar surface area (TPSA) is 99.8 Å². The number of benzene rings is 2. The molecule has 35 heavy (non-hydrogen) atoms. The van der Waals surface area contributed by atoms with E-state index < -0.39 is 5.91 Å². The Labute approximate surface area is 206 Å². The van der Waals surface area contributed by atoms with Gasteiger partial charge in [-0.1, -0.05) is 43.3 Å². The monoisotopic (exact) mass is 472 g/mol. The third-order valence-corrected chi connectivity index (χ3v) is 6.62. The summed E-state index contributed by atoms with van der Waals surface area (Å²) in [7, 11) is 0. The molecule has 0 atom stereocenters. The molecule has 2 heterocycles. The van der Waals surface area contributed by atoms with Gasteiger partial charge in [0.2, 0.25) is 5.91 Å². The first-order valence-electron chi connectivity index (χ1n) is 12.1. The van der Waals surface area contributed by atoms with Gasteiger partial charge in [-0.2, -0.15) is 0 Å². The van der Waals surface area contributed by atoms with E-state index in [2.05, 4.69) is 4.90 Å². The summed E-state index contributed by atoms with van der Waals surface area (Å²) in [6, 6.07) is 17.1. The number of piperazine rings is 1. The van der Waals surface area contributed by atoms with Gasteiger partial charge in [0.1, 0.15) is 0 Å². The first-order chi connectivity index (χ1) is 16.9. The summed E-state index contributed by atoms with van der Waals surface area (Å²) in [6.07, 6.45) is 0.605. The molecule has 0 bridgehead atoms. The molecule has 0 aliphatic carbocycles. The number of carbonyl (C=O) groups is 2. The summed E-state index contributed by atoms with van der Waals surface area (Å²) < 4.78 is 0. The van der Waals surface area contributed by atoms with Crippen LogP contribution in [0.5, 0.6) is 0 Å². The van der Waals surface area contributed by atoms with E-state index in [-0.39, 0.29) is 12.5 Å². The Bertz CT molecular complexity index is 1220. The second-order valence-electron chi connectivity index (χ2n) is 8.85. The summed E-state index contributed by atoms with van der Waals surface area (Å²) >= 11 is 0. The molecule has 1 aliphatic rings. The van der Waals surface area contributed by atoms with Gasteiger partial charge in [0.05, 0.1) is 18.0 Å². The zero-order valence-corrected chi connectivity index (χ0v) is 20.3. The molecule has 1 saturated heterocycles. The first kappa shape index (κ1) is 24.6. The number of amides is 2. The lowest BCUT2D eigenvalue weighted by Crippen LogP contribution is -2.49. The molecule has 1 aliphatic heterocycles. The van der Waals surface area contributed by atoms with Crippen LogP contribution in [0.3, 0.4) is 0 Å². The zero-order chi connectivity index (χ0) is 24.9. The molecule has 0 radical (unpaired) electrons. The number of nitrogens with zero attached hydrogens (tertiary/aromatic N) is 3. The number of nitrogens with two attached hydrogens (primary N) is 1. The van der Waals surface area contributed by atoms with Gasteiger partial charge in [0.15, 0.2) is 0 Å². The number of hydrogen-bond acceptors (Lipinski definition) is 5. The average Bonchev–Trinajstić information content (AvgIpc) is 2.88. The quantitative estimate of drug-likeness (QED) is 0.550. The summed E-state index contributed by atoms with van der Waals surface area (Å²) in [4.78, 5) is 34.5. The molecule has 3 N–H and O–H groups in total. The average molecular weight is 473 g/mol. The van der Waals surface area contributed by atoms with Crippen molar-refractivity contribution in [1.29, 1.82) is 0 Å². The maximum atomic E-state index is 13.2. The molecule has 0 spiro atoms. The lowest BCUT2D eigenvalue weighted by atomic mass is 9.93. The maximum absolute atomic E-state index is 13.2. The van der Waals surface area contributed by atoms with Gasteiger partial charge in [-0.3, -0.25) is 14.5 Å². The van der Waals surface area contributed by atoms with Crippen LogP contribution in [0.15, 0.2) is 54.6 Å². The zero-order valence-electron chi connectivity index (χ0n) is 20.3. The molecule has 4 rings (SSSR count). The van der Waals surface area contributed by atoms with Gasteiger partial charge < -0.3 is 15.7 Å². The largest absolute Gasteiger partial charge is 0.395 e. The first-order valence-corrected chi connectivity index (χ1v) is 12.1. The highest BCUT2D eigenvalue weighted by Gasteiger charge is 2.23. The predicted octanol–water partition coefficient (Wildman–Crippen LogP) is 3.14. The van der Waals surface area contributed by atoms with Crippen molar-refractivity contribution in [3.05, 3.63) is 76.9 Å². The molecular formula is C28H32N4O3. The fourth-order valence-corrected chi connectivity index (χ4v) is 4.69. The molecule has 1 fully saturated rings. The molecule has 3 aromatic rings. The lowest BCUT2D eigenvalue weighted by Gasteiger charge is -2.34. The van der Waals surface area contributed by atoms with Crippen LogP contribution in [0.4, 0.5) is 0 Å². The van der Waals surface area contributed by atoms with E-state index in [0.29, 0.717) is 42.9 Å². The predicted molar refractivity (Wildman–Crippen MR) is 137 cm³/mol. The molecule has 0 unspecified atom stereocenters. The number of β-amino-alcohol motifs (C(OH)–C–C–N with tert-alkyl or cyclic N) is 1. The van der Waals surface area contributed by atoms with E-state index in [4.69, 9.17) is 15.8 Å². The maximum Gasteiger partial charge on any atom is 0.253 e. The van der Waals surface area contributed by atoms with Crippen molar-refractivity contribution in [3.63, 3.8) is 0 Å². The summed E-state index contributed by atoms with van der Waals surface area (Å²) in [5, 5.41) is 9.14. The van der Waals surface area contributed by atoms with Crippen molar-refractivity contribution in [3.8, 4) is 22.5 Å². The van der Waals surface area contributed by atoms with Crippen molar-refractivity contribution in [2.45, 2.75) is 20.3 Å². The van der Waals surface area contributed by atoms with Crippen molar-refractivity contribution in [2.24, 2.45) is 5.73 Å². The minimum Gasteiger partial charge on any atom is -0.395 e. The SMILES string of the molecule is CCc1c(C(N)=O)cc(-c2ccccc2)nc1-c1ccc(C(=O)N2CCN(CCO)CC2)cc1C. The molecule has 2 aromatic carbocycles. The number of aliphatic hydroxyl groups is 1. The number of pyridine rings is 1. The number of aromatic nitrogens is 1. The summed E-state index contributed by atoms with van der Waals surface area (Å²) in [5.74, 6) is -0.477. The minimum atomic E-state index is -0.479. The highest BCUT2D eigenvalue weighted by Crippen LogP contribution is 2.32. The Morgan fingerprint density at radius 2 is 1.74 bits per heavy atom. The molecule has 0 saturated carbocycles. The fraction of sp³-hybridized carbons (Fsp3) is 0.321. The Balaban J connectivity index is 1.69. The van der Waals surface area contributed by atoms with Gasteiger partial charge in [-0.15, -0.1) is 0 Å². The highest BCUT2D eigenvalue weighted by atomic mass is 16.3. The number of hydrogen-bond donors (Lipinski definition) is 2. The Kier molecular flexibility index (Phi) is 7.58. The van der Waals surface area contributed by atoms with Crippen LogP contribution < -0.4 is 5.73 Å². The number of aliphatic hydroxyl groups excluding tert-OH is 1. The van der Waals surface area contributed by atoms with E-state index in [1.807, 2.05) is 67.3 Å². The molecule has 7 nitrogen and oxygen atoms in total. The van der Waals surface area contributed by atoms with E-state index in [0.717, 1.165) is 41.0 Å². The second kappa shape index (κ2) is 10.8. The van der Waals surface area contributed by atoms with Crippen LogP contribution in [0.25, 0.3) is 22.5 Å². The van der Waals surface area contributed by atoms with E-state index in [1.54, 1.807) is 6.07 Å².